The van der Waals surface area contributed by atoms with E-state index in [1.807, 2.05) is 0 Å². The Morgan fingerprint density at radius 2 is 2.04 bits per heavy atom. The van der Waals surface area contributed by atoms with Gasteiger partial charge in [0.05, 0.1) is 28.7 Å². The molecule has 118 valence electrons. The number of aryl methyl sites for hydroxylation is 1. The minimum atomic E-state index is -1.13. The Morgan fingerprint density at radius 3 is 2.65 bits per heavy atom. The van der Waals surface area contributed by atoms with E-state index in [0.717, 1.165) is 0 Å². The largest absolute Gasteiger partial charge is 0.478 e. The topological polar surface area (TPSA) is 87.7 Å². The highest BCUT2D eigenvalue weighted by molar-refractivity contribution is 6.36. The van der Waals surface area contributed by atoms with E-state index in [2.05, 4.69) is 9.97 Å². The summed E-state index contributed by atoms with van der Waals surface area (Å²) in [5.74, 6) is -0.838. The summed E-state index contributed by atoms with van der Waals surface area (Å²) < 4.78 is 1.51. The molecule has 0 aliphatic heterocycles. The van der Waals surface area contributed by atoms with Gasteiger partial charge in [-0.2, -0.15) is 0 Å². The van der Waals surface area contributed by atoms with Crippen LogP contribution in [0.25, 0.3) is 17.0 Å². The van der Waals surface area contributed by atoms with Crippen LogP contribution in [-0.4, -0.2) is 30.6 Å². The highest BCUT2D eigenvalue weighted by atomic mass is 35.5. The molecule has 0 fully saturated rings. The average Bonchev–Trinajstić information content (AvgIpc) is 2.88. The maximum Gasteiger partial charge on any atom is 0.339 e. The van der Waals surface area contributed by atoms with Crippen molar-refractivity contribution in [3.63, 3.8) is 0 Å². The fourth-order valence-electron chi connectivity index (χ4n) is 2.44. The number of carbonyl (C=O) groups is 1. The van der Waals surface area contributed by atoms with Gasteiger partial charge in [-0.25, -0.2) is 14.8 Å². The van der Waals surface area contributed by atoms with Gasteiger partial charge in [-0.3, -0.25) is 4.40 Å². The number of aliphatic hydroxyl groups excluding tert-OH is 1. The number of rotatable bonds is 3. The normalized spacial score (nSPS) is 11.1. The van der Waals surface area contributed by atoms with Crippen molar-refractivity contribution in [2.45, 2.75) is 13.5 Å². The molecule has 23 heavy (non-hydrogen) atoms. The summed E-state index contributed by atoms with van der Waals surface area (Å²) >= 11 is 12.2. The molecular weight excluding hydrogens is 341 g/mol. The molecule has 0 saturated heterocycles. The van der Waals surface area contributed by atoms with Crippen LogP contribution in [0.1, 0.15) is 21.7 Å². The lowest BCUT2D eigenvalue weighted by Crippen LogP contribution is -2.10. The SMILES string of the molecule is Cc1nc2nc(CO)cn2c(-c2ccc(Cl)cc2Cl)c1C(=O)O. The number of halogens is 2. The predicted molar refractivity (Wildman–Crippen MR) is 86.1 cm³/mol. The van der Waals surface area contributed by atoms with Gasteiger partial charge in [0, 0.05) is 16.8 Å². The molecule has 1 aromatic carbocycles. The Morgan fingerprint density at radius 1 is 1.30 bits per heavy atom. The summed E-state index contributed by atoms with van der Waals surface area (Å²) in [6.07, 6.45) is 1.54. The van der Waals surface area contributed by atoms with Crippen LogP contribution in [0.5, 0.6) is 0 Å². The van der Waals surface area contributed by atoms with E-state index < -0.39 is 5.97 Å². The van der Waals surface area contributed by atoms with Crippen molar-refractivity contribution in [1.29, 1.82) is 0 Å². The van der Waals surface area contributed by atoms with E-state index in [-0.39, 0.29) is 17.9 Å². The van der Waals surface area contributed by atoms with Crippen molar-refractivity contribution < 1.29 is 15.0 Å². The van der Waals surface area contributed by atoms with E-state index >= 15 is 0 Å². The monoisotopic (exact) mass is 351 g/mol. The Kier molecular flexibility index (Phi) is 3.97. The number of aromatic nitrogens is 3. The number of nitrogens with zero attached hydrogens (tertiary/aromatic N) is 3. The molecule has 6 nitrogen and oxygen atoms in total. The predicted octanol–water partition coefficient (Wildman–Crippen LogP) is 3.20. The molecule has 0 aliphatic rings. The zero-order chi connectivity index (χ0) is 16.7. The van der Waals surface area contributed by atoms with Gasteiger partial charge in [0.2, 0.25) is 5.78 Å². The Balaban J connectivity index is 2.46. The quantitative estimate of drug-likeness (QED) is 0.756. The molecule has 0 unspecified atom stereocenters. The molecule has 0 spiro atoms. The van der Waals surface area contributed by atoms with Crippen LogP contribution >= 0.6 is 23.2 Å². The minimum absolute atomic E-state index is 0.0172. The molecule has 0 atom stereocenters. The third-order valence-electron chi connectivity index (χ3n) is 3.41. The first kappa shape index (κ1) is 15.7. The number of aliphatic hydroxyl groups is 1. The van der Waals surface area contributed by atoms with E-state index in [9.17, 15) is 15.0 Å². The third-order valence-corrected chi connectivity index (χ3v) is 3.95. The number of fused-ring (bicyclic) bond motifs is 1. The number of hydrogen-bond acceptors (Lipinski definition) is 4. The smallest absolute Gasteiger partial charge is 0.339 e. The molecule has 0 aliphatic carbocycles. The van der Waals surface area contributed by atoms with Crippen LogP contribution < -0.4 is 0 Å². The van der Waals surface area contributed by atoms with Crippen LogP contribution in [0.2, 0.25) is 10.0 Å². The minimum Gasteiger partial charge on any atom is -0.478 e. The Bertz CT molecular complexity index is 937. The van der Waals surface area contributed by atoms with Crippen molar-refractivity contribution in [2.75, 3.05) is 0 Å². The summed E-state index contributed by atoms with van der Waals surface area (Å²) in [5, 5.41) is 19.6. The maximum atomic E-state index is 11.7. The first-order valence-corrected chi connectivity index (χ1v) is 7.36. The van der Waals surface area contributed by atoms with Gasteiger partial charge in [-0.1, -0.05) is 23.2 Å². The lowest BCUT2D eigenvalue weighted by Gasteiger charge is -2.13. The second-order valence-corrected chi connectivity index (χ2v) is 5.75. The van der Waals surface area contributed by atoms with Crippen molar-refractivity contribution in [3.8, 4) is 11.3 Å². The fourth-order valence-corrected chi connectivity index (χ4v) is 2.94. The van der Waals surface area contributed by atoms with Gasteiger partial charge in [-0.15, -0.1) is 0 Å². The molecule has 8 heteroatoms. The van der Waals surface area contributed by atoms with Gasteiger partial charge in [0.25, 0.3) is 0 Å². The van der Waals surface area contributed by atoms with E-state index in [1.165, 1.54) is 16.7 Å². The van der Waals surface area contributed by atoms with Crippen molar-refractivity contribution in [3.05, 3.63) is 51.4 Å². The summed E-state index contributed by atoms with van der Waals surface area (Å²) in [4.78, 5) is 20.1. The molecule has 2 aromatic heterocycles. The van der Waals surface area contributed by atoms with Crippen LogP contribution in [0.4, 0.5) is 0 Å². The standard InChI is InChI=1S/C15H11Cl2N3O3/c1-7-12(14(22)23)13(10-3-2-8(16)4-11(10)17)20-5-9(6-21)19-15(20)18-7/h2-5,21H,6H2,1H3,(H,22,23). The van der Waals surface area contributed by atoms with Gasteiger partial charge in [-0.05, 0) is 25.1 Å². The summed E-state index contributed by atoms with van der Waals surface area (Å²) in [6, 6.07) is 4.80. The zero-order valence-electron chi connectivity index (χ0n) is 11.9. The van der Waals surface area contributed by atoms with Gasteiger partial charge in [0.15, 0.2) is 0 Å². The lowest BCUT2D eigenvalue weighted by molar-refractivity contribution is 0.0696. The lowest BCUT2D eigenvalue weighted by atomic mass is 10.0. The van der Waals surface area contributed by atoms with Gasteiger partial charge < -0.3 is 10.2 Å². The molecule has 0 radical (unpaired) electrons. The highest BCUT2D eigenvalue weighted by Crippen LogP contribution is 2.34. The maximum absolute atomic E-state index is 11.7. The Labute approximate surface area is 140 Å². The summed E-state index contributed by atoms with van der Waals surface area (Å²) in [6.45, 7) is 1.31. The number of imidazole rings is 1. The molecule has 0 bridgehead atoms. The summed E-state index contributed by atoms with van der Waals surface area (Å²) in [5.41, 5.74) is 1.54. The number of aromatic carboxylic acids is 1. The molecular formula is C15H11Cl2N3O3. The van der Waals surface area contributed by atoms with E-state index in [1.54, 1.807) is 19.1 Å². The second kappa shape index (κ2) is 5.81. The zero-order valence-corrected chi connectivity index (χ0v) is 13.4. The first-order valence-electron chi connectivity index (χ1n) is 6.60. The molecule has 3 rings (SSSR count). The highest BCUT2D eigenvalue weighted by Gasteiger charge is 2.22. The third kappa shape index (κ3) is 2.65. The Hall–Kier alpha value is -2.15. The van der Waals surface area contributed by atoms with Crippen LogP contribution in [0.15, 0.2) is 24.4 Å². The second-order valence-electron chi connectivity index (χ2n) is 4.91. The average molecular weight is 352 g/mol. The number of carboxylic acids is 1. The van der Waals surface area contributed by atoms with Crippen molar-refractivity contribution >= 4 is 34.9 Å². The molecule has 2 N–H and O–H groups in total. The number of hydrogen-bond donors (Lipinski definition) is 2. The summed E-state index contributed by atoms with van der Waals surface area (Å²) in [7, 11) is 0. The van der Waals surface area contributed by atoms with Gasteiger partial charge >= 0.3 is 5.97 Å². The van der Waals surface area contributed by atoms with Crippen LogP contribution in [0, 0.1) is 6.92 Å². The van der Waals surface area contributed by atoms with Crippen molar-refractivity contribution in [2.24, 2.45) is 0 Å². The molecule has 2 heterocycles. The molecule has 0 saturated carbocycles. The fraction of sp³-hybridized carbons (Fsp3) is 0.133. The molecule has 0 amide bonds. The van der Waals surface area contributed by atoms with Crippen molar-refractivity contribution in [1.82, 2.24) is 14.4 Å². The number of carboxylic acid groups (broad SMARTS) is 1. The molecule has 3 aromatic rings. The van der Waals surface area contributed by atoms with Crippen LogP contribution in [-0.2, 0) is 6.61 Å². The first-order chi connectivity index (χ1) is 10.9. The number of benzene rings is 1. The van der Waals surface area contributed by atoms with Gasteiger partial charge in [0.1, 0.15) is 5.56 Å². The van der Waals surface area contributed by atoms with E-state index in [4.69, 9.17) is 23.2 Å². The van der Waals surface area contributed by atoms with Crippen LogP contribution in [0.3, 0.4) is 0 Å². The van der Waals surface area contributed by atoms with E-state index in [0.29, 0.717) is 32.7 Å².